The smallest absolute Gasteiger partial charge is 0.395 e. The number of nitrogens with one attached hydrogen (secondary N) is 1. The van der Waals surface area contributed by atoms with Crippen molar-refractivity contribution in [3.8, 4) is 0 Å². The maximum Gasteiger partial charge on any atom is 0.416 e. The minimum atomic E-state index is -4.56. The van der Waals surface area contributed by atoms with Crippen LogP contribution >= 0.6 is 0 Å². The van der Waals surface area contributed by atoms with Gasteiger partial charge in [0.25, 0.3) is 11.8 Å². The lowest BCUT2D eigenvalue weighted by molar-refractivity contribution is -0.138. The summed E-state index contributed by atoms with van der Waals surface area (Å²) in [6, 6.07) is 3.43. The number of rotatable bonds is 5. The van der Waals surface area contributed by atoms with E-state index in [1.165, 1.54) is 6.07 Å². The van der Waals surface area contributed by atoms with Crippen molar-refractivity contribution in [2.75, 3.05) is 49.7 Å². The van der Waals surface area contributed by atoms with Crippen LogP contribution in [0.5, 0.6) is 0 Å². The lowest BCUT2D eigenvalue weighted by atomic mass is 10.1. The summed E-state index contributed by atoms with van der Waals surface area (Å²) in [5, 5.41) is 11.5. The lowest BCUT2D eigenvalue weighted by Gasteiger charge is -2.30. The maximum atomic E-state index is 13.3. The molecule has 0 spiro atoms. The van der Waals surface area contributed by atoms with Gasteiger partial charge in [-0.2, -0.15) is 13.2 Å². The number of aliphatic hydroxyl groups excluding tert-OH is 1. The second kappa shape index (κ2) is 7.57. The number of amides is 2. The number of hydrogen-bond acceptors (Lipinski definition) is 6. The summed E-state index contributed by atoms with van der Waals surface area (Å²) in [5.41, 5.74) is -0.607. The number of halogens is 3. The number of hydrogen-bond donors (Lipinski definition) is 2. The quantitative estimate of drug-likeness (QED) is 0.742. The zero-order valence-electron chi connectivity index (χ0n) is 14.3. The third kappa shape index (κ3) is 4.22. The Morgan fingerprint density at radius 2 is 1.85 bits per heavy atom. The van der Waals surface area contributed by atoms with Gasteiger partial charge in [0.1, 0.15) is 5.70 Å². The minimum Gasteiger partial charge on any atom is -0.395 e. The number of nitrogens with zero attached hydrogens (tertiary/aromatic N) is 2. The normalized spacial score (nSPS) is 18.1. The molecule has 2 heterocycles. The Balaban J connectivity index is 1.89. The molecule has 1 aromatic carbocycles. The Morgan fingerprint density at radius 3 is 2.48 bits per heavy atom. The Labute approximate surface area is 153 Å². The number of morpholine rings is 1. The molecule has 10 heteroatoms. The summed E-state index contributed by atoms with van der Waals surface area (Å²) in [5.74, 6) is -1.32. The van der Waals surface area contributed by atoms with Crippen LogP contribution in [0.4, 0.5) is 24.5 Å². The van der Waals surface area contributed by atoms with Crippen molar-refractivity contribution in [3.63, 3.8) is 0 Å². The van der Waals surface area contributed by atoms with Crippen molar-refractivity contribution in [2.24, 2.45) is 0 Å². The van der Waals surface area contributed by atoms with Crippen molar-refractivity contribution < 1.29 is 32.6 Å². The van der Waals surface area contributed by atoms with Crippen LogP contribution in [0, 0.1) is 0 Å². The highest BCUT2D eigenvalue weighted by atomic mass is 19.4. The molecule has 0 aliphatic carbocycles. The van der Waals surface area contributed by atoms with Gasteiger partial charge in [0.05, 0.1) is 31.9 Å². The van der Waals surface area contributed by atoms with Crippen molar-refractivity contribution in [1.82, 2.24) is 4.90 Å². The SMILES string of the molecule is O=C1C=C(Nc2cc(N3CCOCC3)cc(C(F)(F)F)c2)C(=O)N1CCO. The molecule has 7 nitrogen and oxygen atoms in total. The zero-order chi connectivity index (χ0) is 19.6. The van der Waals surface area contributed by atoms with Crippen LogP contribution in [0.25, 0.3) is 0 Å². The number of carbonyl (C=O) groups is 2. The average Bonchev–Trinajstić information content (AvgIpc) is 2.89. The number of alkyl halides is 3. The number of carbonyl (C=O) groups excluding carboxylic acids is 2. The molecule has 0 aromatic heterocycles. The maximum absolute atomic E-state index is 13.3. The van der Waals surface area contributed by atoms with Crippen LogP contribution < -0.4 is 10.2 Å². The molecule has 0 unspecified atom stereocenters. The zero-order valence-corrected chi connectivity index (χ0v) is 14.3. The fourth-order valence-corrected chi connectivity index (χ4v) is 2.92. The van der Waals surface area contributed by atoms with Crippen LogP contribution in [0.15, 0.2) is 30.0 Å². The highest BCUT2D eigenvalue weighted by Gasteiger charge is 2.34. The monoisotopic (exact) mass is 385 g/mol. The van der Waals surface area contributed by atoms with Gasteiger partial charge >= 0.3 is 6.18 Å². The molecule has 1 fully saturated rings. The molecule has 2 aliphatic rings. The number of anilines is 2. The third-order valence-electron chi connectivity index (χ3n) is 4.23. The summed E-state index contributed by atoms with van der Waals surface area (Å²) in [7, 11) is 0. The van der Waals surface area contributed by atoms with E-state index in [0.29, 0.717) is 32.0 Å². The number of ether oxygens (including phenoxy) is 1. The van der Waals surface area contributed by atoms with E-state index in [4.69, 9.17) is 9.84 Å². The standard InChI is InChI=1S/C17H18F3N3O4/c18-17(19,20)11-7-12(9-13(8-11)22-2-5-27-6-3-22)21-14-10-15(25)23(1-4-24)16(14)26/h7-10,21,24H,1-6H2. The van der Waals surface area contributed by atoms with Gasteiger partial charge in [-0.1, -0.05) is 0 Å². The van der Waals surface area contributed by atoms with Crippen LogP contribution in [-0.4, -0.2) is 61.3 Å². The van der Waals surface area contributed by atoms with E-state index in [9.17, 15) is 22.8 Å². The number of benzene rings is 1. The Morgan fingerprint density at radius 1 is 1.15 bits per heavy atom. The first-order valence-electron chi connectivity index (χ1n) is 8.30. The van der Waals surface area contributed by atoms with E-state index in [2.05, 4.69) is 5.32 Å². The number of imide groups is 1. The largest absolute Gasteiger partial charge is 0.416 e. The minimum absolute atomic E-state index is 0.0459. The predicted octanol–water partition coefficient (Wildman–Crippen LogP) is 1.20. The van der Waals surface area contributed by atoms with Crippen LogP contribution in [-0.2, 0) is 20.5 Å². The molecule has 2 N–H and O–H groups in total. The first-order valence-corrected chi connectivity index (χ1v) is 8.30. The molecule has 0 atom stereocenters. The summed E-state index contributed by atoms with van der Waals surface area (Å²) in [6.07, 6.45) is -3.56. The van der Waals surface area contributed by atoms with Gasteiger partial charge in [-0.15, -0.1) is 0 Å². The molecule has 27 heavy (non-hydrogen) atoms. The van der Waals surface area contributed by atoms with Gasteiger partial charge in [-0.25, -0.2) is 0 Å². The van der Waals surface area contributed by atoms with Crippen molar-refractivity contribution in [1.29, 1.82) is 0 Å². The van der Waals surface area contributed by atoms with Gasteiger partial charge < -0.3 is 20.1 Å². The summed E-state index contributed by atoms with van der Waals surface area (Å²) in [4.78, 5) is 26.6. The van der Waals surface area contributed by atoms with Crippen molar-refractivity contribution in [3.05, 3.63) is 35.5 Å². The molecular weight excluding hydrogens is 367 g/mol. The van der Waals surface area contributed by atoms with Gasteiger partial charge in [-0.3, -0.25) is 14.5 Å². The van der Waals surface area contributed by atoms with Crippen molar-refractivity contribution in [2.45, 2.75) is 6.18 Å². The van der Waals surface area contributed by atoms with Crippen LogP contribution in [0.1, 0.15) is 5.56 Å². The summed E-state index contributed by atoms with van der Waals surface area (Å²) in [6.45, 7) is 1.14. The average molecular weight is 385 g/mol. The first-order chi connectivity index (χ1) is 12.8. The third-order valence-corrected chi connectivity index (χ3v) is 4.23. The molecule has 0 saturated carbocycles. The highest BCUT2D eigenvalue weighted by molar-refractivity contribution is 6.17. The molecule has 1 aromatic rings. The fraction of sp³-hybridized carbons (Fsp3) is 0.412. The van der Waals surface area contributed by atoms with E-state index in [1.54, 1.807) is 4.90 Å². The van der Waals surface area contributed by atoms with E-state index >= 15 is 0 Å². The molecule has 3 rings (SSSR count). The molecular formula is C17H18F3N3O4. The topological polar surface area (TPSA) is 82.1 Å². The van der Waals surface area contributed by atoms with E-state index in [-0.39, 0.29) is 17.9 Å². The van der Waals surface area contributed by atoms with Crippen LogP contribution in [0.2, 0.25) is 0 Å². The lowest BCUT2D eigenvalue weighted by Crippen LogP contribution is -2.36. The van der Waals surface area contributed by atoms with Crippen molar-refractivity contribution >= 4 is 23.2 Å². The molecule has 146 valence electrons. The number of aliphatic hydroxyl groups is 1. The van der Waals surface area contributed by atoms with Gasteiger partial charge in [0.15, 0.2) is 0 Å². The molecule has 1 saturated heterocycles. The van der Waals surface area contributed by atoms with E-state index in [0.717, 1.165) is 23.1 Å². The Bertz CT molecular complexity index is 773. The predicted molar refractivity (Wildman–Crippen MR) is 90.0 cm³/mol. The molecule has 0 bridgehead atoms. The number of β-amino-alcohol motifs (C(OH)–C–C–N with tert-alkyl or cyclic N) is 1. The Hall–Kier alpha value is -2.59. The van der Waals surface area contributed by atoms with Crippen LogP contribution in [0.3, 0.4) is 0 Å². The second-order valence-corrected chi connectivity index (χ2v) is 6.07. The first kappa shape index (κ1) is 19.2. The fourth-order valence-electron chi connectivity index (χ4n) is 2.92. The molecule has 2 aliphatic heterocycles. The van der Waals surface area contributed by atoms with E-state index < -0.39 is 30.2 Å². The molecule has 2 amide bonds. The van der Waals surface area contributed by atoms with Gasteiger partial charge in [0, 0.05) is 30.5 Å². The summed E-state index contributed by atoms with van der Waals surface area (Å²) < 4.78 is 45.1. The van der Waals surface area contributed by atoms with E-state index in [1.807, 2.05) is 0 Å². The summed E-state index contributed by atoms with van der Waals surface area (Å²) >= 11 is 0. The molecule has 0 radical (unpaired) electrons. The van der Waals surface area contributed by atoms with Gasteiger partial charge in [0.2, 0.25) is 0 Å². The second-order valence-electron chi connectivity index (χ2n) is 6.07. The highest BCUT2D eigenvalue weighted by Crippen LogP contribution is 2.35. The van der Waals surface area contributed by atoms with Gasteiger partial charge in [-0.05, 0) is 18.2 Å². The Kier molecular flexibility index (Phi) is 5.38.